The maximum atomic E-state index is 13.5. The van der Waals surface area contributed by atoms with Crippen LogP contribution in [0.15, 0.2) is 87.2 Å². The molecule has 1 unspecified atom stereocenters. The summed E-state index contributed by atoms with van der Waals surface area (Å²) in [7, 11) is 0. The molecule has 0 heterocycles. The Morgan fingerprint density at radius 1 is 0.875 bits per heavy atom. The molecule has 3 aromatic carbocycles. The van der Waals surface area contributed by atoms with E-state index in [1.807, 2.05) is 12.1 Å². The van der Waals surface area contributed by atoms with Crippen LogP contribution in [0.1, 0.15) is 37.5 Å². The molecule has 32 heavy (non-hydrogen) atoms. The molecule has 1 atom stereocenters. The van der Waals surface area contributed by atoms with Gasteiger partial charge in [0.25, 0.3) is 0 Å². The van der Waals surface area contributed by atoms with Crippen molar-refractivity contribution in [3.63, 3.8) is 0 Å². The molecule has 0 fully saturated rings. The molecule has 0 bridgehead atoms. The number of halogens is 3. The van der Waals surface area contributed by atoms with Gasteiger partial charge in [0.1, 0.15) is 0 Å². The van der Waals surface area contributed by atoms with E-state index in [4.69, 9.17) is 0 Å². The second-order valence-corrected chi connectivity index (χ2v) is 13.8. The van der Waals surface area contributed by atoms with Gasteiger partial charge in [0.2, 0.25) is 0 Å². The van der Waals surface area contributed by atoms with Gasteiger partial charge in [-0.1, -0.05) is 0 Å². The molecule has 0 aromatic heterocycles. The van der Waals surface area contributed by atoms with Crippen molar-refractivity contribution < 1.29 is 50.5 Å². The normalized spacial score (nSPS) is 16.1. The topological polar surface area (TPSA) is 0 Å². The van der Waals surface area contributed by atoms with Gasteiger partial charge in [0.15, 0.2) is 0 Å². The van der Waals surface area contributed by atoms with Crippen molar-refractivity contribution in [2.45, 2.75) is 27.2 Å². The summed E-state index contributed by atoms with van der Waals surface area (Å²) in [4.78, 5) is 0. The Morgan fingerprint density at radius 2 is 1.56 bits per heavy atom. The summed E-state index contributed by atoms with van der Waals surface area (Å²) in [5.41, 5.74) is 9.78. The van der Waals surface area contributed by atoms with E-state index >= 15 is 0 Å². The van der Waals surface area contributed by atoms with E-state index in [-0.39, 0.29) is 30.6 Å². The minimum atomic E-state index is -2.39. The summed E-state index contributed by atoms with van der Waals surface area (Å²) >= 11 is -2.39. The molecule has 3 aromatic rings. The molecule has 5 rings (SSSR count). The number of rotatable bonds is 3. The van der Waals surface area contributed by atoms with Crippen molar-refractivity contribution in [3.8, 4) is 11.1 Å². The van der Waals surface area contributed by atoms with Crippen molar-refractivity contribution in [3.05, 3.63) is 110 Å². The van der Waals surface area contributed by atoms with Gasteiger partial charge in [-0.2, -0.15) is 0 Å². The Kier molecular flexibility index (Phi) is 7.92. The summed E-state index contributed by atoms with van der Waals surface area (Å²) in [6.07, 6.45) is 3.44. The fourth-order valence-corrected chi connectivity index (χ4v) is 12.7. The zero-order valence-electron chi connectivity index (χ0n) is 18.4. The van der Waals surface area contributed by atoms with Crippen molar-refractivity contribution in [2.24, 2.45) is 5.92 Å². The van der Waals surface area contributed by atoms with Crippen LogP contribution in [0.5, 0.6) is 0 Å². The minimum absolute atomic E-state index is 0. The minimum Gasteiger partial charge on any atom is -1.00 e. The molecule has 162 valence electrons. The summed E-state index contributed by atoms with van der Waals surface area (Å²) in [5.74, 6) is 0.311. The van der Waals surface area contributed by atoms with Gasteiger partial charge in [-0.15, -0.1) is 0 Å². The van der Waals surface area contributed by atoms with Gasteiger partial charge in [0.05, 0.1) is 0 Å². The molecular weight excluding hydrogens is 517 g/mol. The Morgan fingerprint density at radius 3 is 2.25 bits per heavy atom. The number of hydrogen-bond donors (Lipinski definition) is 0. The van der Waals surface area contributed by atoms with Crippen LogP contribution in [0.3, 0.4) is 0 Å². The Labute approximate surface area is 210 Å². The maximum absolute atomic E-state index is 13.5. The first-order valence-corrected chi connectivity index (χ1v) is 14.5. The van der Waals surface area contributed by atoms with Crippen molar-refractivity contribution in [2.75, 3.05) is 0 Å². The predicted molar refractivity (Wildman–Crippen MR) is 122 cm³/mol. The Hall–Kier alpha value is -1.60. The van der Waals surface area contributed by atoms with Gasteiger partial charge in [-0.25, -0.2) is 0 Å². The molecule has 0 amide bonds. The van der Waals surface area contributed by atoms with E-state index in [0.717, 1.165) is 12.0 Å². The number of benzene rings is 3. The third-order valence-corrected chi connectivity index (χ3v) is 14.1. The standard InChI is InChI=1S/C13H9.C8H11.C7H5F.2ClH.Zr/c1-3-7-12-10(5-1)9-11-6-2-4-8-13(11)12;1-6-4-7(2)8(3)5-6;1-6-2-4-7(8)5-3-6;;;/h1-5,7-8H,9H2;4,6H,1-3H3;1-5H;2*1H;/q;;;;;+2/p-2. The molecule has 0 nitrogen and oxygen atoms in total. The van der Waals surface area contributed by atoms with E-state index in [0.29, 0.717) is 5.92 Å². The molecule has 0 saturated heterocycles. The van der Waals surface area contributed by atoms with Crippen molar-refractivity contribution >= 4 is 6.98 Å². The number of allylic oxidation sites excluding steroid dienone is 4. The molecule has 4 heteroatoms. The van der Waals surface area contributed by atoms with Gasteiger partial charge in [0, 0.05) is 0 Å². The largest absolute Gasteiger partial charge is 1.00 e. The first kappa shape index (κ1) is 25.0. The quantitative estimate of drug-likeness (QED) is 0.351. The van der Waals surface area contributed by atoms with Gasteiger partial charge >= 0.3 is 187 Å². The molecule has 0 N–H and O–H groups in total. The van der Waals surface area contributed by atoms with Crippen LogP contribution in [-0.4, -0.2) is 3.71 Å². The zero-order valence-corrected chi connectivity index (χ0v) is 22.4. The second kappa shape index (κ2) is 10.1. The third-order valence-electron chi connectivity index (χ3n) is 6.56. The van der Waals surface area contributed by atoms with E-state index in [1.54, 1.807) is 18.7 Å². The summed E-state index contributed by atoms with van der Waals surface area (Å²) in [5, 5.41) is 0. The van der Waals surface area contributed by atoms with Gasteiger partial charge in [-0.05, 0) is 0 Å². The van der Waals surface area contributed by atoms with Crippen LogP contribution in [0.25, 0.3) is 11.1 Å². The smallest absolute Gasteiger partial charge is 1.00 e. The summed E-state index contributed by atoms with van der Waals surface area (Å²) < 4.78 is 19.3. The number of hydrogen-bond acceptors (Lipinski definition) is 0. The predicted octanol–water partition coefficient (Wildman–Crippen LogP) is 0.369. The zero-order chi connectivity index (χ0) is 20.8. The van der Waals surface area contributed by atoms with E-state index in [1.165, 1.54) is 33.4 Å². The summed E-state index contributed by atoms with van der Waals surface area (Å²) in [6, 6.07) is 22.7. The van der Waals surface area contributed by atoms with Crippen molar-refractivity contribution in [1.29, 1.82) is 0 Å². The van der Waals surface area contributed by atoms with Crippen LogP contribution in [0, 0.1) is 11.7 Å². The van der Waals surface area contributed by atoms with E-state index in [9.17, 15) is 4.39 Å². The number of fused-ring (bicyclic) bond motifs is 3. The third kappa shape index (κ3) is 4.43. The summed E-state index contributed by atoms with van der Waals surface area (Å²) in [6.45, 7) is 6.87. The van der Waals surface area contributed by atoms with Crippen LogP contribution in [0.2, 0.25) is 0 Å². The molecule has 0 radical (unpaired) electrons. The SMILES string of the molecule is CC1=CC(C)[C](/[Zr+2](=[CH]/c2ccc(F)cc2)[c]2cccc3c2Cc2ccccc2-3)=C1C.[Cl-].[Cl-]. The molecule has 0 saturated carbocycles. The first-order valence-electron chi connectivity index (χ1n) is 10.6. The van der Waals surface area contributed by atoms with Crippen LogP contribution < -0.4 is 28.1 Å². The molecule has 0 aliphatic heterocycles. The van der Waals surface area contributed by atoms with Crippen LogP contribution >= 0.6 is 0 Å². The fraction of sp³-hybridized carbons (Fsp3) is 0.179. The maximum Gasteiger partial charge on any atom is -1.00 e. The molecule has 2 aliphatic carbocycles. The molecular formula is C28H25Cl2FZr. The van der Waals surface area contributed by atoms with E-state index < -0.39 is 21.3 Å². The average molecular weight is 543 g/mol. The van der Waals surface area contributed by atoms with Gasteiger partial charge in [-0.3, -0.25) is 0 Å². The Balaban J connectivity index is 0.00000144. The Bertz CT molecular complexity index is 1250. The average Bonchev–Trinajstić information content (AvgIpc) is 3.24. The van der Waals surface area contributed by atoms with E-state index in [2.05, 4.69) is 73.0 Å². The van der Waals surface area contributed by atoms with Crippen molar-refractivity contribution in [1.82, 2.24) is 0 Å². The monoisotopic (exact) mass is 540 g/mol. The fourth-order valence-electron chi connectivity index (χ4n) is 5.02. The van der Waals surface area contributed by atoms with Crippen LogP contribution in [0.4, 0.5) is 4.39 Å². The second-order valence-electron chi connectivity index (χ2n) is 8.45. The molecule has 2 aliphatic rings. The molecule has 0 spiro atoms. The van der Waals surface area contributed by atoms with Gasteiger partial charge < -0.3 is 24.8 Å². The first-order chi connectivity index (χ1) is 14.5. The van der Waals surface area contributed by atoms with Crippen LogP contribution in [-0.2, 0) is 27.7 Å².